The molecule has 1 aromatic carbocycles. The maximum Gasteiger partial charge on any atom is 0.0366 e. The molecule has 0 aliphatic carbocycles. The molecule has 2 fully saturated rings. The summed E-state index contributed by atoms with van der Waals surface area (Å²) in [5, 5.41) is 0. The Hall–Kier alpha value is -1.06. The predicted octanol–water partition coefficient (Wildman–Crippen LogP) is 2.38. The lowest BCUT2D eigenvalue weighted by Crippen LogP contribution is -2.35. The van der Waals surface area contributed by atoms with Crippen LogP contribution in [0.1, 0.15) is 37.8 Å². The first kappa shape index (κ1) is 12.9. The zero-order chi connectivity index (χ0) is 13.2. The van der Waals surface area contributed by atoms with Crippen molar-refractivity contribution in [3.8, 4) is 0 Å². The fraction of sp³-hybridized carbons (Fsp3) is 0.625. The molecule has 2 aliphatic heterocycles. The van der Waals surface area contributed by atoms with E-state index in [0.717, 1.165) is 6.04 Å². The first-order valence-corrected chi connectivity index (χ1v) is 7.58. The van der Waals surface area contributed by atoms with Crippen molar-refractivity contribution >= 4 is 5.69 Å². The Morgan fingerprint density at radius 1 is 1.11 bits per heavy atom. The Bertz CT molecular complexity index is 407. The molecule has 2 aliphatic rings. The van der Waals surface area contributed by atoms with Crippen molar-refractivity contribution in [1.29, 1.82) is 0 Å². The monoisotopic (exact) mass is 259 g/mol. The zero-order valence-electron chi connectivity index (χ0n) is 11.9. The number of hydrogen-bond donors (Lipinski definition) is 1. The third kappa shape index (κ3) is 2.77. The van der Waals surface area contributed by atoms with Crippen molar-refractivity contribution in [2.24, 2.45) is 5.73 Å². The second-order valence-corrected chi connectivity index (χ2v) is 6.01. The molecular formula is C16H25N3. The number of nitrogens with zero attached hydrogens (tertiary/aromatic N) is 2. The molecule has 0 bridgehead atoms. The van der Waals surface area contributed by atoms with Crippen LogP contribution in [0, 0.1) is 0 Å². The van der Waals surface area contributed by atoms with Crippen LogP contribution in [0.15, 0.2) is 24.3 Å². The number of nitrogens with two attached hydrogens (primary N) is 1. The highest BCUT2D eigenvalue weighted by molar-refractivity contribution is 5.49. The molecule has 2 heterocycles. The van der Waals surface area contributed by atoms with E-state index in [9.17, 15) is 0 Å². The van der Waals surface area contributed by atoms with Crippen LogP contribution in [0.5, 0.6) is 0 Å². The molecule has 1 aromatic rings. The number of anilines is 1. The summed E-state index contributed by atoms with van der Waals surface area (Å²) in [7, 11) is 0. The SMILES string of the molecule is CC(N)c1ccc(N2CCC(N3CCCC3)C2)cc1. The van der Waals surface area contributed by atoms with Gasteiger partial charge in [0.05, 0.1) is 0 Å². The third-order valence-electron chi connectivity index (χ3n) is 4.60. The van der Waals surface area contributed by atoms with Gasteiger partial charge in [-0.15, -0.1) is 0 Å². The Morgan fingerprint density at radius 3 is 2.42 bits per heavy atom. The summed E-state index contributed by atoms with van der Waals surface area (Å²) in [6.45, 7) is 7.04. The van der Waals surface area contributed by atoms with E-state index in [1.165, 1.54) is 56.7 Å². The van der Waals surface area contributed by atoms with Crippen LogP contribution < -0.4 is 10.6 Å². The summed E-state index contributed by atoms with van der Waals surface area (Å²) in [6.07, 6.45) is 4.09. The second-order valence-electron chi connectivity index (χ2n) is 6.01. The van der Waals surface area contributed by atoms with Gasteiger partial charge in [0.1, 0.15) is 0 Å². The van der Waals surface area contributed by atoms with Gasteiger partial charge in [0, 0.05) is 30.9 Å². The molecule has 2 saturated heterocycles. The quantitative estimate of drug-likeness (QED) is 0.904. The van der Waals surface area contributed by atoms with Gasteiger partial charge in [-0.25, -0.2) is 0 Å². The van der Waals surface area contributed by atoms with E-state index in [4.69, 9.17) is 5.73 Å². The number of benzene rings is 1. The van der Waals surface area contributed by atoms with E-state index in [1.54, 1.807) is 0 Å². The molecule has 0 amide bonds. The molecule has 19 heavy (non-hydrogen) atoms. The lowest BCUT2D eigenvalue weighted by molar-refractivity contribution is 0.260. The number of hydrogen-bond acceptors (Lipinski definition) is 3. The average molecular weight is 259 g/mol. The van der Waals surface area contributed by atoms with Gasteiger partial charge < -0.3 is 10.6 Å². The van der Waals surface area contributed by atoms with Gasteiger partial charge in [-0.2, -0.15) is 0 Å². The minimum absolute atomic E-state index is 0.130. The fourth-order valence-electron chi connectivity index (χ4n) is 3.37. The fourth-order valence-corrected chi connectivity index (χ4v) is 3.37. The highest BCUT2D eigenvalue weighted by Crippen LogP contribution is 2.26. The van der Waals surface area contributed by atoms with Crippen molar-refractivity contribution in [1.82, 2.24) is 4.90 Å². The van der Waals surface area contributed by atoms with Crippen molar-refractivity contribution in [3.05, 3.63) is 29.8 Å². The highest BCUT2D eigenvalue weighted by Gasteiger charge is 2.29. The van der Waals surface area contributed by atoms with Crippen LogP contribution in [0.3, 0.4) is 0 Å². The van der Waals surface area contributed by atoms with Gasteiger partial charge in [-0.05, 0) is 57.0 Å². The van der Waals surface area contributed by atoms with Gasteiger partial charge >= 0.3 is 0 Å². The van der Waals surface area contributed by atoms with E-state index in [0.29, 0.717) is 0 Å². The van der Waals surface area contributed by atoms with Crippen molar-refractivity contribution in [2.45, 2.75) is 38.3 Å². The first-order valence-electron chi connectivity index (χ1n) is 7.58. The van der Waals surface area contributed by atoms with E-state index in [-0.39, 0.29) is 6.04 Å². The smallest absolute Gasteiger partial charge is 0.0366 e. The Morgan fingerprint density at radius 2 is 1.79 bits per heavy atom. The minimum Gasteiger partial charge on any atom is -0.370 e. The summed E-state index contributed by atoms with van der Waals surface area (Å²) in [4.78, 5) is 5.20. The van der Waals surface area contributed by atoms with E-state index < -0.39 is 0 Å². The molecule has 0 aromatic heterocycles. The van der Waals surface area contributed by atoms with Crippen LogP contribution in [0.2, 0.25) is 0 Å². The lowest BCUT2D eigenvalue weighted by Gasteiger charge is -2.24. The maximum atomic E-state index is 5.90. The molecular weight excluding hydrogens is 234 g/mol. The van der Waals surface area contributed by atoms with Gasteiger partial charge in [0.2, 0.25) is 0 Å². The van der Waals surface area contributed by atoms with Crippen molar-refractivity contribution < 1.29 is 0 Å². The summed E-state index contributed by atoms with van der Waals surface area (Å²) < 4.78 is 0. The molecule has 0 saturated carbocycles. The minimum atomic E-state index is 0.130. The van der Waals surface area contributed by atoms with Crippen LogP contribution in [0.4, 0.5) is 5.69 Å². The number of rotatable bonds is 3. The van der Waals surface area contributed by atoms with Gasteiger partial charge in [-0.3, -0.25) is 4.90 Å². The Labute approximate surface area is 116 Å². The lowest BCUT2D eigenvalue weighted by atomic mass is 10.1. The normalized spacial score (nSPS) is 26.0. The van der Waals surface area contributed by atoms with E-state index >= 15 is 0 Å². The average Bonchev–Trinajstić information content (AvgIpc) is 3.10. The molecule has 3 heteroatoms. The van der Waals surface area contributed by atoms with Gasteiger partial charge in [0.15, 0.2) is 0 Å². The van der Waals surface area contributed by atoms with Gasteiger partial charge in [0.25, 0.3) is 0 Å². The zero-order valence-corrected chi connectivity index (χ0v) is 11.9. The van der Waals surface area contributed by atoms with Crippen LogP contribution in [-0.2, 0) is 0 Å². The third-order valence-corrected chi connectivity index (χ3v) is 4.60. The summed E-state index contributed by atoms with van der Waals surface area (Å²) in [6, 6.07) is 9.70. The molecule has 2 atom stereocenters. The second kappa shape index (κ2) is 5.51. The molecule has 3 rings (SSSR count). The topological polar surface area (TPSA) is 32.5 Å². The molecule has 2 unspecified atom stereocenters. The summed E-state index contributed by atoms with van der Waals surface area (Å²) >= 11 is 0. The molecule has 2 N–H and O–H groups in total. The Balaban J connectivity index is 1.63. The maximum absolute atomic E-state index is 5.90. The summed E-state index contributed by atoms with van der Waals surface area (Å²) in [5.74, 6) is 0. The van der Waals surface area contributed by atoms with E-state index in [1.807, 2.05) is 6.92 Å². The molecule has 104 valence electrons. The predicted molar refractivity (Wildman–Crippen MR) is 80.5 cm³/mol. The first-order chi connectivity index (χ1) is 9.24. The van der Waals surface area contributed by atoms with Crippen LogP contribution in [0.25, 0.3) is 0 Å². The van der Waals surface area contributed by atoms with Crippen LogP contribution in [-0.4, -0.2) is 37.1 Å². The summed E-state index contributed by atoms with van der Waals surface area (Å²) in [5.41, 5.74) is 8.48. The molecule has 0 radical (unpaired) electrons. The Kier molecular flexibility index (Phi) is 3.76. The van der Waals surface area contributed by atoms with Gasteiger partial charge in [-0.1, -0.05) is 12.1 Å². The van der Waals surface area contributed by atoms with Crippen LogP contribution >= 0.6 is 0 Å². The highest BCUT2D eigenvalue weighted by atomic mass is 15.3. The van der Waals surface area contributed by atoms with Crippen molar-refractivity contribution in [3.63, 3.8) is 0 Å². The molecule has 3 nitrogen and oxygen atoms in total. The van der Waals surface area contributed by atoms with E-state index in [2.05, 4.69) is 34.1 Å². The number of likely N-dealkylation sites (tertiary alicyclic amines) is 1. The molecule has 0 spiro atoms. The largest absolute Gasteiger partial charge is 0.370 e. The van der Waals surface area contributed by atoms with Crippen molar-refractivity contribution in [2.75, 3.05) is 31.1 Å². The standard InChI is InChI=1S/C16H25N3/c1-13(17)14-4-6-15(7-5-14)19-11-8-16(12-19)18-9-2-3-10-18/h4-7,13,16H,2-3,8-12,17H2,1H3.